The zero-order chi connectivity index (χ0) is 12.3. The average Bonchev–Trinajstić information content (AvgIpc) is 2.16. The van der Waals surface area contributed by atoms with Crippen molar-refractivity contribution in [1.82, 2.24) is 0 Å². The van der Waals surface area contributed by atoms with Crippen LogP contribution in [0.2, 0.25) is 0 Å². The van der Waals surface area contributed by atoms with Crippen molar-refractivity contribution in [2.75, 3.05) is 12.9 Å². The zero-order valence-electron chi connectivity index (χ0n) is 8.85. The van der Waals surface area contributed by atoms with E-state index in [0.717, 1.165) is 12.3 Å². The van der Waals surface area contributed by atoms with E-state index in [-0.39, 0.29) is 23.5 Å². The number of aliphatic hydroxyl groups is 1. The number of halogens is 1. The van der Waals surface area contributed by atoms with Gasteiger partial charge in [-0.05, 0) is 18.6 Å². The predicted octanol–water partition coefficient (Wildman–Crippen LogP) is 0.611. The maximum absolute atomic E-state index is 13.5. The Hall–Kier alpha value is -0.980. The summed E-state index contributed by atoms with van der Waals surface area (Å²) in [5, 5.41) is 8.67. The van der Waals surface area contributed by atoms with Gasteiger partial charge in [-0.2, -0.15) is 0 Å². The van der Waals surface area contributed by atoms with E-state index in [1.807, 2.05) is 0 Å². The lowest BCUT2D eigenvalue weighted by Gasteiger charge is -2.12. The van der Waals surface area contributed by atoms with Gasteiger partial charge >= 0.3 is 0 Å². The SMILES string of the molecule is CS(=O)(=O)c1ccc(C(N)CCO)c(F)c1. The van der Waals surface area contributed by atoms with Crippen LogP contribution in [0.15, 0.2) is 23.1 Å². The molecule has 0 spiro atoms. The second-order valence-corrected chi connectivity index (χ2v) is 5.59. The Bertz CT molecular complexity index is 473. The van der Waals surface area contributed by atoms with Gasteiger partial charge in [-0.3, -0.25) is 0 Å². The van der Waals surface area contributed by atoms with Gasteiger partial charge < -0.3 is 10.8 Å². The molecule has 1 atom stereocenters. The van der Waals surface area contributed by atoms with Crippen molar-refractivity contribution in [3.8, 4) is 0 Å². The highest BCUT2D eigenvalue weighted by molar-refractivity contribution is 7.90. The largest absolute Gasteiger partial charge is 0.396 e. The van der Waals surface area contributed by atoms with Gasteiger partial charge in [0.25, 0.3) is 0 Å². The first-order chi connectivity index (χ1) is 7.36. The fourth-order valence-corrected chi connectivity index (χ4v) is 1.97. The molecule has 0 bridgehead atoms. The van der Waals surface area contributed by atoms with Gasteiger partial charge in [0, 0.05) is 24.5 Å². The summed E-state index contributed by atoms with van der Waals surface area (Å²) in [6, 6.07) is 2.97. The molecule has 0 saturated heterocycles. The third kappa shape index (κ3) is 3.01. The van der Waals surface area contributed by atoms with Crippen LogP contribution < -0.4 is 5.73 Å². The summed E-state index contributed by atoms with van der Waals surface area (Å²) in [6.07, 6.45) is 1.24. The third-order valence-corrected chi connectivity index (χ3v) is 3.35. The molecule has 6 heteroatoms. The fourth-order valence-electron chi connectivity index (χ4n) is 1.33. The smallest absolute Gasteiger partial charge is 0.175 e. The van der Waals surface area contributed by atoms with Crippen LogP contribution in [0, 0.1) is 5.82 Å². The summed E-state index contributed by atoms with van der Waals surface area (Å²) in [5.41, 5.74) is 5.83. The van der Waals surface area contributed by atoms with Gasteiger partial charge in [0.05, 0.1) is 4.90 Å². The molecule has 0 aromatic heterocycles. The minimum absolute atomic E-state index is 0.0788. The molecule has 1 rings (SSSR count). The summed E-state index contributed by atoms with van der Waals surface area (Å²) in [6.45, 7) is -0.144. The minimum atomic E-state index is -3.41. The maximum atomic E-state index is 13.5. The van der Waals surface area contributed by atoms with Crippen molar-refractivity contribution in [2.24, 2.45) is 5.73 Å². The van der Waals surface area contributed by atoms with E-state index in [1.54, 1.807) is 0 Å². The Morgan fingerprint density at radius 3 is 2.56 bits per heavy atom. The van der Waals surface area contributed by atoms with Crippen LogP contribution >= 0.6 is 0 Å². The van der Waals surface area contributed by atoms with Crippen molar-refractivity contribution in [3.63, 3.8) is 0 Å². The molecule has 0 heterocycles. The molecule has 4 nitrogen and oxygen atoms in total. The molecule has 1 aromatic carbocycles. The van der Waals surface area contributed by atoms with Gasteiger partial charge in [-0.15, -0.1) is 0 Å². The highest BCUT2D eigenvalue weighted by atomic mass is 32.2. The number of aliphatic hydroxyl groups excluding tert-OH is 1. The van der Waals surface area contributed by atoms with Gasteiger partial charge in [-0.25, -0.2) is 12.8 Å². The second kappa shape index (κ2) is 4.90. The number of benzene rings is 1. The van der Waals surface area contributed by atoms with Crippen LogP contribution in [0.5, 0.6) is 0 Å². The summed E-state index contributed by atoms with van der Waals surface area (Å²) >= 11 is 0. The van der Waals surface area contributed by atoms with E-state index in [2.05, 4.69) is 0 Å². The van der Waals surface area contributed by atoms with Crippen LogP contribution in [0.3, 0.4) is 0 Å². The van der Waals surface area contributed by atoms with Crippen molar-refractivity contribution in [3.05, 3.63) is 29.6 Å². The molecule has 0 aliphatic heterocycles. The van der Waals surface area contributed by atoms with Crippen LogP contribution in [-0.2, 0) is 9.84 Å². The van der Waals surface area contributed by atoms with Gasteiger partial charge in [0.1, 0.15) is 5.82 Å². The summed E-state index contributed by atoms with van der Waals surface area (Å²) in [7, 11) is -3.41. The van der Waals surface area contributed by atoms with Crippen molar-refractivity contribution in [1.29, 1.82) is 0 Å². The quantitative estimate of drug-likeness (QED) is 0.817. The van der Waals surface area contributed by atoms with Crippen LogP contribution in [0.1, 0.15) is 18.0 Å². The fraction of sp³-hybridized carbons (Fsp3) is 0.400. The predicted molar refractivity (Wildman–Crippen MR) is 58.1 cm³/mol. The van der Waals surface area contributed by atoms with E-state index >= 15 is 0 Å². The molecule has 90 valence electrons. The molecule has 3 N–H and O–H groups in total. The number of sulfone groups is 1. The lowest BCUT2D eigenvalue weighted by molar-refractivity contribution is 0.275. The topological polar surface area (TPSA) is 80.4 Å². The number of hydrogen-bond donors (Lipinski definition) is 2. The lowest BCUT2D eigenvalue weighted by atomic mass is 10.0. The summed E-state index contributed by atoms with van der Waals surface area (Å²) in [4.78, 5) is -0.0788. The first-order valence-corrected chi connectivity index (χ1v) is 6.61. The van der Waals surface area contributed by atoms with Crippen molar-refractivity contribution >= 4 is 9.84 Å². The van der Waals surface area contributed by atoms with Crippen molar-refractivity contribution < 1.29 is 17.9 Å². The molecule has 0 amide bonds. The van der Waals surface area contributed by atoms with E-state index in [4.69, 9.17) is 10.8 Å². The summed E-state index contributed by atoms with van der Waals surface area (Å²) < 4.78 is 35.8. The number of rotatable bonds is 4. The molecule has 16 heavy (non-hydrogen) atoms. The van der Waals surface area contributed by atoms with E-state index in [9.17, 15) is 12.8 Å². The average molecular weight is 247 g/mol. The Kier molecular flexibility index (Phi) is 4.01. The number of nitrogens with two attached hydrogens (primary N) is 1. The monoisotopic (exact) mass is 247 g/mol. The Morgan fingerprint density at radius 1 is 1.50 bits per heavy atom. The van der Waals surface area contributed by atoms with Crippen LogP contribution in [0.4, 0.5) is 4.39 Å². The van der Waals surface area contributed by atoms with Gasteiger partial charge in [0.2, 0.25) is 0 Å². The van der Waals surface area contributed by atoms with Crippen LogP contribution in [0.25, 0.3) is 0 Å². The normalized spacial score (nSPS) is 13.8. The lowest BCUT2D eigenvalue weighted by Crippen LogP contribution is -2.14. The molecule has 1 unspecified atom stereocenters. The highest BCUT2D eigenvalue weighted by Crippen LogP contribution is 2.21. The maximum Gasteiger partial charge on any atom is 0.175 e. The first-order valence-electron chi connectivity index (χ1n) is 4.72. The van der Waals surface area contributed by atoms with E-state index in [0.29, 0.717) is 0 Å². The van der Waals surface area contributed by atoms with Gasteiger partial charge in [0.15, 0.2) is 9.84 Å². The molecule has 1 aromatic rings. The first kappa shape index (κ1) is 13.1. The standard InChI is InChI=1S/C10H14FNO3S/c1-16(14,15)7-2-3-8(9(11)6-7)10(12)4-5-13/h2-3,6,10,13H,4-5,12H2,1H3. The van der Waals surface area contributed by atoms with E-state index in [1.165, 1.54) is 12.1 Å². The molecule has 0 aliphatic carbocycles. The second-order valence-electron chi connectivity index (χ2n) is 3.57. The van der Waals surface area contributed by atoms with E-state index < -0.39 is 21.7 Å². The Labute approximate surface area is 93.8 Å². The molecule has 0 radical (unpaired) electrons. The Balaban J connectivity index is 3.10. The van der Waals surface area contributed by atoms with Gasteiger partial charge in [-0.1, -0.05) is 6.07 Å². The molecular formula is C10H14FNO3S. The van der Waals surface area contributed by atoms with Crippen LogP contribution in [-0.4, -0.2) is 26.4 Å². The highest BCUT2D eigenvalue weighted by Gasteiger charge is 2.14. The molecule has 0 saturated carbocycles. The van der Waals surface area contributed by atoms with Crippen molar-refractivity contribution in [2.45, 2.75) is 17.4 Å². The summed E-state index contributed by atoms with van der Waals surface area (Å²) in [5.74, 6) is -0.663. The molecule has 0 fully saturated rings. The third-order valence-electron chi connectivity index (χ3n) is 2.24. The molecule has 0 aliphatic rings. The molecular weight excluding hydrogens is 233 g/mol. The zero-order valence-corrected chi connectivity index (χ0v) is 9.67. The Morgan fingerprint density at radius 2 is 2.12 bits per heavy atom. The minimum Gasteiger partial charge on any atom is -0.396 e. The number of hydrogen-bond acceptors (Lipinski definition) is 4.